The normalized spacial score (nSPS) is 9.55. The van der Waals surface area contributed by atoms with Gasteiger partial charge in [0.2, 0.25) is 0 Å². The topological polar surface area (TPSA) is 0 Å². The molecule has 1 heteroatoms. The van der Waals surface area contributed by atoms with Crippen molar-refractivity contribution in [3.63, 3.8) is 0 Å². The molecule has 0 bridgehead atoms. The second-order valence-electron chi connectivity index (χ2n) is 3.12. The molecule has 0 fully saturated rings. The number of hydrogen-bond donors (Lipinski definition) is 0. The Bertz CT molecular complexity index is 176. The van der Waals surface area contributed by atoms with E-state index < -0.39 is 0 Å². The maximum absolute atomic E-state index is 2.20. The Morgan fingerprint density at radius 2 is 1.09 bits per heavy atom. The summed E-state index contributed by atoms with van der Waals surface area (Å²) in [4.78, 5) is 0. The minimum absolute atomic E-state index is 0. The molecule has 60 valence electrons. The molecular weight excluding hydrogens is 264 g/mol. The molecule has 0 saturated carbocycles. The van der Waals surface area contributed by atoms with E-state index in [4.69, 9.17) is 0 Å². The zero-order valence-corrected chi connectivity index (χ0v) is 11.2. The van der Waals surface area contributed by atoms with Crippen LogP contribution in [0.5, 0.6) is 0 Å². The molecule has 0 unspecified atom stereocenters. The molecule has 0 N–H and O–H groups in total. The van der Waals surface area contributed by atoms with E-state index in [2.05, 4.69) is 34.6 Å². The fourth-order valence-electron chi connectivity index (χ4n) is 1.41. The first-order chi connectivity index (χ1) is 4.55. The molecule has 11 heavy (non-hydrogen) atoms. The molecule has 0 radical (unpaired) electrons. The van der Waals surface area contributed by atoms with Gasteiger partial charge in [-0.3, -0.25) is 0 Å². The molecular formula is C10H15Nd-. The van der Waals surface area contributed by atoms with Gasteiger partial charge < -0.3 is 0 Å². The van der Waals surface area contributed by atoms with Crippen LogP contribution >= 0.6 is 0 Å². The first-order valence-corrected chi connectivity index (χ1v) is 3.75. The van der Waals surface area contributed by atoms with Crippen molar-refractivity contribution in [3.8, 4) is 0 Å². The van der Waals surface area contributed by atoms with E-state index in [9.17, 15) is 0 Å². The van der Waals surface area contributed by atoms with Crippen LogP contribution in [-0.2, 0) is 0 Å². The quantitative estimate of drug-likeness (QED) is 0.641. The van der Waals surface area contributed by atoms with Crippen molar-refractivity contribution in [2.24, 2.45) is 0 Å². The van der Waals surface area contributed by atoms with Gasteiger partial charge >= 0.3 is 0 Å². The van der Waals surface area contributed by atoms with Crippen LogP contribution in [0, 0.1) is 75.5 Å². The van der Waals surface area contributed by atoms with Gasteiger partial charge in [0.25, 0.3) is 0 Å². The van der Waals surface area contributed by atoms with Crippen LogP contribution in [0.2, 0.25) is 0 Å². The van der Waals surface area contributed by atoms with Crippen LogP contribution in [-0.4, -0.2) is 0 Å². The maximum atomic E-state index is 2.20. The molecule has 0 atom stereocenters. The Morgan fingerprint density at radius 3 is 1.18 bits per heavy atom. The largest absolute Gasteiger partial charge is 0.196 e. The van der Waals surface area contributed by atoms with Crippen molar-refractivity contribution in [1.82, 2.24) is 0 Å². The van der Waals surface area contributed by atoms with Gasteiger partial charge in [-0.25, -0.2) is 0 Å². The maximum Gasteiger partial charge on any atom is 0 e. The molecule has 0 aliphatic heterocycles. The molecule has 1 aromatic carbocycles. The summed E-state index contributed by atoms with van der Waals surface area (Å²) in [6.45, 7) is 11.0. The van der Waals surface area contributed by atoms with Crippen molar-refractivity contribution in [1.29, 1.82) is 0 Å². The molecule has 0 saturated heterocycles. The predicted octanol–water partition coefficient (Wildman–Crippen LogP) is 2.95. The van der Waals surface area contributed by atoms with Gasteiger partial charge in [-0.05, 0) is 0 Å². The molecule has 0 spiro atoms. The molecule has 0 heterocycles. The predicted molar refractivity (Wildman–Crippen MR) is 45.7 cm³/mol. The Balaban J connectivity index is 0.000001000. The standard InChI is InChI=1S/C10H15.Nd/c1-6-7(2)9(4)10(5)8(6)3;/h1-5H3;/q-1;. The Kier molecular flexibility index (Phi) is 4.35. The molecule has 1 aromatic rings. The van der Waals surface area contributed by atoms with E-state index >= 15 is 0 Å². The van der Waals surface area contributed by atoms with E-state index in [1.165, 1.54) is 27.8 Å². The van der Waals surface area contributed by atoms with E-state index in [-0.39, 0.29) is 40.8 Å². The summed E-state index contributed by atoms with van der Waals surface area (Å²) >= 11 is 0. The molecule has 1 rings (SSSR count). The molecule has 0 nitrogen and oxygen atoms in total. The van der Waals surface area contributed by atoms with Crippen LogP contribution in [0.4, 0.5) is 0 Å². The van der Waals surface area contributed by atoms with E-state index in [0.29, 0.717) is 0 Å². The molecule has 0 aromatic heterocycles. The average molecular weight is 279 g/mol. The molecule has 0 amide bonds. The van der Waals surface area contributed by atoms with Crippen LogP contribution in [0.3, 0.4) is 0 Å². The van der Waals surface area contributed by atoms with E-state index in [0.717, 1.165) is 0 Å². The smallest absolute Gasteiger partial charge is 0 e. The monoisotopic (exact) mass is 277 g/mol. The number of rotatable bonds is 0. The average Bonchev–Trinajstić information content (AvgIpc) is 2.07. The molecule has 0 aliphatic carbocycles. The first-order valence-electron chi connectivity index (χ1n) is 3.75. The zero-order chi connectivity index (χ0) is 7.89. The fourth-order valence-corrected chi connectivity index (χ4v) is 1.41. The van der Waals surface area contributed by atoms with Gasteiger partial charge in [-0.2, -0.15) is 27.8 Å². The van der Waals surface area contributed by atoms with Gasteiger partial charge in [0, 0.05) is 40.8 Å². The van der Waals surface area contributed by atoms with E-state index in [1.807, 2.05) is 0 Å². The third-order valence-corrected chi connectivity index (χ3v) is 2.81. The van der Waals surface area contributed by atoms with Gasteiger partial charge in [-0.1, -0.05) is 34.6 Å². The van der Waals surface area contributed by atoms with Crippen LogP contribution < -0.4 is 0 Å². The third-order valence-electron chi connectivity index (χ3n) is 2.81. The van der Waals surface area contributed by atoms with Crippen molar-refractivity contribution in [2.75, 3.05) is 0 Å². The number of hydrogen-bond acceptors (Lipinski definition) is 0. The molecule has 0 aliphatic rings. The van der Waals surface area contributed by atoms with Crippen LogP contribution in [0.15, 0.2) is 0 Å². The van der Waals surface area contributed by atoms with Gasteiger partial charge in [0.1, 0.15) is 0 Å². The third kappa shape index (κ3) is 1.89. The van der Waals surface area contributed by atoms with Gasteiger partial charge in [0.15, 0.2) is 0 Å². The Morgan fingerprint density at radius 1 is 0.818 bits per heavy atom. The fraction of sp³-hybridized carbons (Fsp3) is 0.500. The summed E-state index contributed by atoms with van der Waals surface area (Å²) in [6.07, 6.45) is 0. The van der Waals surface area contributed by atoms with Crippen molar-refractivity contribution in [2.45, 2.75) is 34.6 Å². The summed E-state index contributed by atoms with van der Waals surface area (Å²) in [5.41, 5.74) is 7.34. The summed E-state index contributed by atoms with van der Waals surface area (Å²) in [5, 5.41) is 0. The first kappa shape index (κ1) is 11.7. The van der Waals surface area contributed by atoms with Gasteiger partial charge in [0.05, 0.1) is 0 Å². The summed E-state index contributed by atoms with van der Waals surface area (Å²) < 4.78 is 0. The Hall–Kier alpha value is 0.701. The van der Waals surface area contributed by atoms with Crippen LogP contribution in [0.1, 0.15) is 27.8 Å². The SMILES string of the molecule is Cc1c(C)c(C)[c-](C)c1C.[Nd]. The van der Waals surface area contributed by atoms with Crippen molar-refractivity contribution >= 4 is 0 Å². The van der Waals surface area contributed by atoms with Crippen molar-refractivity contribution in [3.05, 3.63) is 27.8 Å². The zero-order valence-electron chi connectivity index (χ0n) is 8.00. The Labute approximate surface area is 102 Å². The minimum atomic E-state index is 0. The summed E-state index contributed by atoms with van der Waals surface area (Å²) in [5.74, 6) is 0. The second kappa shape index (κ2) is 4.08. The van der Waals surface area contributed by atoms with Crippen LogP contribution in [0.25, 0.3) is 0 Å². The van der Waals surface area contributed by atoms with Gasteiger partial charge in [-0.15, -0.1) is 0 Å². The van der Waals surface area contributed by atoms with Crippen molar-refractivity contribution < 1.29 is 40.8 Å². The summed E-state index contributed by atoms with van der Waals surface area (Å²) in [7, 11) is 0. The second-order valence-corrected chi connectivity index (χ2v) is 3.12. The summed E-state index contributed by atoms with van der Waals surface area (Å²) in [6, 6.07) is 0. The van der Waals surface area contributed by atoms with E-state index in [1.54, 1.807) is 0 Å². The minimum Gasteiger partial charge on any atom is -0.196 e.